The second-order valence-electron chi connectivity index (χ2n) is 23.5. The van der Waals surface area contributed by atoms with Crippen molar-refractivity contribution in [2.24, 2.45) is 40.9 Å². The van der Waals surface area contributed by atoms with Gasteiger partial charge in [-0.3, -0.25) is 61.6 Å². The van der Waals surface area contributed by atoms with Gasteiger partial charge in [-0.1, -0.05) is 89.0 Å². The summed E-state index contributed by atoms with van der Waals surface area (Å²) in [6.45, 7) is 8.50. The second-order valence-corrected chi connectivity index (χ2v) is 27.1. The molecule has 0 unspecified atom stereocenters. The SMILES string of the molecule is CCCCCCCCCCCC(=O)C[C@@H](C)C(=O)N[C@@H](CCCCN)C(=O)C[C@@H](Cc1cn(CCP(=O)(O)O)nn1)C(=O)N[C@@H](C)C(=O)C[C@@H](CCCCN)C(=O)N[C@@H](Cc1cn(CCP(=O)(O)O)nn1)C(=O)C[C@@H](C)C(=O)N[C@@H](CCCCN)C(C)=O. The van der Waals surface area contributed by atoms with Crippen molar-refractivity contribution in [2.75, 3.05) is 32.0 Å². The van der Waals surface area contributed by atoms with Crippen LogP contribution in [-0.2, 0) is 78.2 Å². The van der Waals surface area contributed by atoms with Crippen LogP contribution in [0.15, 0.2) is 12.4 Å². The fraction of sp³-hybridized carbons (Fsp3) is 0.776. The van der Waals surface area contributed by atoms with Crippen LogP contribution in [0.25, 0.3) is 0 Å². The van der Waals surface area contributed by atoms with Crippen LogP contribution in [0.3, 0.4) is 0 Å². The number of carbonyl (C=O) groups is 9. The number of ketones is 5. The first-order chi connectivity index (χ1) is 41.6. The molecule has 88 heavy (non-hydrogen) atoms. The molecule has 4 amide bonds. The number of nitrogens with one attached hydrogen (secondary N) is 4. The van der Waals surface area contributed by atoms with Gasteiger partial charge in [0.15, 0.2) is 23.1 Å². The molecular formula is C58H103N13O15P2. The molecule has 500 valence electrons. The van der Waals surface area contributed by atoms with E-state index in [1.54, 1.807) is 6.92 Å². The highest BCUT2D eigenvalue weighted by molar-refractivity contribution is 7.52. The molecule has 0 fully saturated rings. The van der Waals surface area contributed by atoms with E-state index in [1.807, 2.05) is 0 Å². The van der Waals surface area contributed by atoms with E-state index in [-0.39, 0.29) is 74.7 Å². The Balaban J connectivity index is 2.41. The molecule has 0 aliphatic carbocycles. The maximum Gasteiger partial charge on any atom is 0.327 e. The number of rotatable bonds is 52. The summed E-state index contributed by atoms with van der Waals surface area (Å²) in [5.74, 6) is -8.86. The molecule has 0 aromatic carbocycles. The van der Waals surface area contributed by atoms with Gasteiger partial charge >= 0.3 is 15.2 Å². The highest BCUT2D eigenvalue weighted by atomic mass is 31.2. The number of Topliss-reactive ketones (excluding diaryl/α,β-unsaturated/α-hetero) is 5. The summed E-state index contributed by atoms with van der Waals surface area (Å²) < 4.78 is 25.6. The number of carbonyl (C=O) groups excluding carboxylic acids is 9. The van der Waals surface area contributed by atoms with E-state index < -0.39 is 136 Å². The third-order valence-electron chi connectivity index (χ3n) is 15.4. The van der Waals surface area contributed by atoms with Crippen LogP contribution in [0, 0.1) is 23.7 Å². The molecule has 2 aromatic rings. The fourth-order valence-corrected chi connectivity index (χ4v) is 10.8. The molecule has 2 aromatic heterocycles. The number of amides is 4. The molecule has 0 radical (unpaired) electrons. The predicted molar refractivity (Wildman–Crippen MR) is 330 cm³/mol. The summed E-state index contributed by atoms with van der Waals surface area (Å²) >= 11 is 0. The molecule has 8 atom stereocenters. The lowest BCUT2D eigenvalue weighted by molar-refractivity contribution is -0.136. The summed E-state index contributed by atoms with van der Waals surface area (Å²) in [5, 5.41) is 26.9. The molecule has 30 heteroatoms. The Bertz CT molecular complexity index is 2590. The van der Waals surface area contributed by atoms with Crippen molar-refractivity contribution in [3.05, 3.63) is 23.8 Å². The van der Waals surface area contributed by atoms with Gasteiger partial charge in [-0.25, -0.2) is 0 Å². The first kappa shape index (κ1) is 78.8. The summed E-state index contributed by atoms with van der Waals surface area (Å²) in [4.78, 5) is 162. The lowest BCUT2D eigenvalue weighted by atomic mass is 9.90. The highest BCUT2D eigenvalue weighted by Gasteiger charge is 2.35. The van der Waals surface area contributed by atoms with Crippen LogP contribution in [-0.4, -0.2) is 158 Å². The Labute approximate surface area is 518 Å². The number of nitrogens with two attached hydrogens (primary N) is 3. The maximum atomic E-state index is 14.5. The fourth-order valence-electron chi connectivity index (χ4n) is 9.89. The zero-order valence-corrected chi connectivity index (χ0v) is 54.3. The Kier molecular flexibility index (Phi) is 38.2. The highest BCUT2D eigenvalue weighted by Crippen LogP contribution is 2.34. The van der Waals surface area contributed by atoms with Gasteiger partial charge in [0.2, 0.25) is 23.6 Å². The first-order valence-corrected chi connectivity index (χ1v) is 35.0. The van der Waals surface area contributed by atoms with Gasteiger partial charge in [-0.05, 0) is 91.3 Å². The number of aryl methyl sites for hydroxylation is 2. The minimum atomic E-state index is -4.44. The van der Waals surface area contributed by atoms with Crippen molar-refractivity contribution in [3.63, 3.8) is 0 Å². The van der Waals surface area contributed by atoms with E-state index in [4.69, 9.17) is 17.2 Å². The largest absolute Gasteiger partial charge is 0.346 e. The zero-order chi connectivity index (χ0) is 65.8. The number of nitrogens with zero attached hydrogens (tertiary/aromatic N) is 6. The Morgan fingerprint density at radius 3 is 1.44 bits per heavy atom. The van der Waals surface area contributed by atoms with Crippen molar-refractivity contribution in [2.45, 2.75) is 232 Å². The molecule has 28 nitrogen and oxygen atoms in total. The van der Waals surface area contributed by atoms with Gasteiger partial charge < -0.3 is 58.0 Å². The summed E-state index contributed by atoms with van der Waals surface area (Å²) in [6.07, 6.45) is 13.4. The van der Waals surface area contributed by atoms with E-state index in [0.717, 1.165) is 30.4 Å². The van der Waals surface area contributed by atoms with Gasteiger partial charge in [-0.15, -0.1) is 10.2 Å². The van der Waals surface area contributed by atoms with Crippen molar-refractivity contribution in [1.29, 1.82) is 0 Å². The molecule has 2 rings (SSSR count). The molecule has 0 aliphatic rings. The van der Waals surface area contributed by atoms with Gasteiger partial charge in [0, 0.05) is 75.1 Å². The van der Waals surface area contributed by atoms with Crippen LogP contribution in [0.2, 0.25) is 0 Å². The van der Waals surface area contributed by atoms with Gasteiger partial charge in [0.25, 0.3) is 0 Å². The van der Waals surface area contributed by atoms with Gasteiger partial charge in [-0.2, -0.15) is 0 Å². The Morgan fingerprint density at radius 2 is 0.932 bits per heavy atom. The molecule has 0 bridgehead atoms. The number of hydrogen-bond acceptors (Lipinski definition) is 18. The maximum absolute atomic E-state index is 14.5. The van der Waals surface area contributed by atoms with Gasteiger partial charge in [0.05, 0.1) is 66.9 Å². The lowest BCUT2D eigenvalue weighted by Gasteiger charge is -2.25. The van der Waals surface area contributed by atoms with Crippen molar-refractivity contribution >= 4 is 67.7 Å². The average Bonchev–Trinajstić information content (AvgIpc) is 3.83. The van der Waals surface area contributed by atoms with E-state index in [9.17, 15) is 71.9 Å². The summed E-state index contributed by atoms with van der Waals surface area (Å²) in [5.41, 5.74) is 17.5. The molecule has 14 N–H and O–H groups in total. The van der Waals surface area contributed by atoms with E-state index >= 15 is 0 Å². The third-order valence-corrected chi connectivity index (χ3v) is 16.9. The van der Waals surface area contributed by atoms with Crippen LogP contribution < -0.4 is 38.5 Å². The topological polar surface area (TPSA) is 456 Å². The minimum absolute atomic E-state index is 0.0221. The van der Waals surface area contributed by atoms with Gasteiger partial charge in [0.1, 0.15) is 5.78 Å². The standard InChI is InChI=1S/C58H103N13O15P2/c1-6-7-8-9-10-11-12-13-14-22-48(73)32-40(2)55(77)64-50(24-17-20-27-61)54(76)36-45(34-46-38-70(68-66-46)28-30-87(81,82)83)58(80)62-42(4)52(74)35-44(21-15-18-25-59)57(79)65-51(37-47-39-71(69-67-47)29-31-88(84,85)86)53(75)33-41(3)56(78)63-49(43(5)72)23-16-19-26-60/h38-42,44-45,49-51H,6-37,59-61H2,1-5H3,(H,62,80)(H,63,78)(H,64,77)(H,65,79)(H2,81,82,83)(H2,84,85,86)/t40-,41-,42+,44-,45-,49+,50+,51+/m1/s1. The van der Waals surface area contributed by atoms with E-state index in [2.05, 4.69) is 48.8 Å². The number of aromatic nitrogens is 6. The molecule has 2 heterocycles. The van der Waals surface area contributed by atoms with Crippen molar-refractivity contribution in [3.8, 4) is 0 Å². The Hall–Kier alpha value is -5.31. The van der Waals surface area contributed by atoms with Crippen LogP contribution in [0.5, 0.6) is 0 Å². The van der Waals surface area contributed by atoms with E-state index in [1.165, 1.54) is 70.0 Å². The normalized spacial score (nSPS) is 14.6. The average molecular weight is 1280 g/mol. The Morgan fingerprint density at radius 1 is 0.500 bits per heavy atom. The monoisotopic (exact) mass is 1280 g/mol. The van der Waals surface area contributed by atoms with Crippen LogP contribution >= 0.6 is 15.2 Å². The third kappa shape index (κ3) is 34.0. The zero-order valence-electron chi connectivity index (χ0n) is 52.5. The molecule has 0 aliphatic heterocycles. The summed E-state index contributed by atoms with van der Waals surface area (Å²) in [7, 11) is -8.86. The first-order valence-electron chi connectivity index (χ1n) is 31.4. The quantitative estimate of drug-likeness (QED) is 0.0334. The smallest absolute Gasteiger partial charge is 0.327 e. The minimum Gasteiger partial charge on any atom is -0.346 e. The number of unbranched alkanes of at least 4 members (excludes halogenated alkanes) is 11. The second kappa shape index (κ2) is 42.6. The van der Waals surface area contributed by atoms with Crippen molar-refractivity contribution in [1.82, 2.24) is 51.3 Å². The van der Waals surface area contributed by atoms with Crippen LogP contribution in [0.1, 0.15) is 194 Å². The van der Waals surface area contributed by atoms with Crippen molar-refractivity contribution < 1.29 is 71.9 Å². The summed E-state index contributed by atoms with van der Waals surface area (Å²) in [6, 6.07) is -4.57. The lowest BCUT2D eigenvalue weighted by Crippen LogP contribution is -2.48. The molecular weight excluding hydrogens is 1180 g/mol. The molecule has 0 spiro atoms. The predicted octanol–water partition coefficient (Wildman–Crippen LogP) is 3.21. The van der Waals surface area contributed by atoms with E-state index in [0.29, 0.717) is 64.5 Å². The number of hydrogen-bond donors (Lipinski definition) is 11. The molecule has 0 saturated heterocycles. The van der Waals surface area contributed by atoms with Crippen LogP contribution in [0.4, 0.5) is 0 Å². The molecule has 0 saturated carbocycles.